The van der Waals surface area contributed by atoms with E-state index >= 15 is 0 Å². The van der Waals surface area contributed by atoms with E-state index in [9.17, 15) is 4.79 Å². The molecule has 1 fully saturated rings. The van der Waals surface area contributed by atoms with Gasteiger partial charge in [0.25, 0.3) is 5.91 Å². The molecule has 2 rings (SSSR count). The quantitative estimate of drug-likeness (QED) is 0.891. The average Bonchev–Trinajstić information content (AvgIpc) is 2.83. The number of carbonyl (C=O) groups excluding carboxylic acids is 1. The Morgan fingerprint density at radius 1 is 1.47 bits per heavy atom. The number of rotatable bonds is 5. The summed E-state index contributed by atoms with van der Waals surface area (Å²) < 4.78 is 0.842. The predicted molar refractivity (Wildman–Crippen MR) is 80.1 cm³/mol. The van der Waals surface area contributed by atoms with Crippen LogP contribution in [0.25, 0.3) is 0 Å². The van der Waals surface area contributed by atoms with Crippen LogP contribution in [-0.4, -0.2) is 16.9 Å². The Morgan fingerprint density at radius 3 is 3.05 bits per heavy atom. The summed E-state index contributed by atoms with van der Waals surface area (Å²) in [6.07, 6.45) is 10.6. The first-order chi connectivity index (χ1) is 9.20. The second-order valence-corrected chi connectivity index (χ2v) is 6.22. The second kappa shape index (κ2) is 7.04. The third kappa shape index (κ3) is 4.03. The van der Waals surface area contributed by atoms with E-state index in [-0.39, 0.29) is 5.91 Å². The van der Waals surface area contributed by atoms with Crippen LogP contribution in [0.15, 0.2) is 22.9 Å². The first kappa shape index (κ1) is 14.5. The van der Waals surface area contributed by atoms with Gasteiger partial charge in [0.15, 0.2) is 0 Å². The number of nitrogens with one attached hydrogen (secondary N) is 1. The molecule has 1 N–H and O–H groups in total. The lowest BCUT2D eigenvalue weighted by molar-refractivity contribution is 0.0926. The highest BCUT2D eigenvalue weighted by molar-refractivity contribution is 9.10. The Labute approximate surface area is 123 Å². The highest BCUT2D eigenvalue weighted by atomic mass is 79.9. The lowest BCUT2D eigenvalue weighted by Crippen LogP contribution is -2.37. The van der Waals surface area contributed by atoms with E-state index in [0.29, 0.717) is 17.5 Å². The molecule has 1 saturated carbocycles. The van der Waals surface area contributed by atoms with Crippen molar-refractivity contribution in [3.8, 4) is 0 Å². The van der Waals surface area contributed by atoms with Gasteiger partial charge in [-0.25, -0.2) is 0 Å². The Bertz CT molecular complexity index is 436. The molecule has 3 nitrogen and oxygen atoms in total. The van der Waals surface area contributed by atoms with Gasteiger partial charge in [-0.15, -0.1) is 0 Å². The molecule has 2 atom stereocenters. The fourth-order valence-electron chi connectivity index (χ4n) is 2.83. The molecule has 2 unspecified atom stereocenters. The maximum Gasteiger partial charge on any atom is 0.253 e. The largest absolute Gasteiger partial charge is 0.349 e. The Kier molecular flexibility index (Phi) is 5.37. The first-order valence-electron chi connectivity index (χ1n) is 7.12. The molecule has 4 heteroatoms. The first-order valence-corrected chi connectivity index (χ1v) is 7.91. The third-order valence-electron chi connectivity index (χ3n) is 3.87. The van der Waals surface area contributed by atoms with Crippen molar-refractivity contribution in [2.45, 2.75) is 51.5 Å². The van der Waals surface area contributed by atoms with Crippen molar-refractivity contribution >= 4 is 21.8 Å². The summed E-state index contributed by atoms with van der Waals surface area (Å²) in [6, 6.07) is 2.16. The van der Waals surface area contributed by atoms with Gasteiger partial charge in [0.1, 0.15) is 0 Å². The van der Waals surface area contributed by atoms with Crippen LogP contribution < -0.4 is 5.32 Å². The van der Waals surface area contributed by atoms with Crippen LogP contribution in [-0.2, 0) is 0 Å². The van der Waals surface area contributed by atoms with E-state index in [4.69, 9.17) is 0 Å². The van der Waals surface area contributed by atoms with Crippen LogP contribution in [0.5, 0.6) is 0 Å². The number of nitrogens with zero attached hydrogens (tertiary/aromatic N) is 1. The molecule has 1 heterocycles. The number of halogens is 1. The van der Waals surface area contributed by atoms with Crippen molar-refractivity contribution in [3.05, 3.63) is 28.5 Å². The van der Waals surface area contributed by atoms with Gasteiger partial charge in [0.05, 0.1) is 5.56 Å². The summed E-state index contributed by atoms with van der Waals surface area (Å²) in [4.78, 5) is 16.2. The smallest absolute Gasteiger partial charge is 0.253 e. The summed E-state index contributed by atoms with van der Waals surface area (Å²) in [7, 11) is 0. The van der Waals surface area contributed by atoms with E-state index in [1.54, 1.807) is 12.4 Å². The highest BCUT2D eigenvalue weighted by Gasteiger charge is 2.28. The van der Waals surface area contributed by atoms with Crippen molar-refractivity contribution in [1.29, 1.82) is 0 Å². The topological polar surface area (TPSA) is 42.0 Å². The SMILES string of the molecule is CCCCC1CCCC1NC(=O)c1cncc(Br)c1. The maximum absolute atomic E-state index is 12.2. The predicted octanol–water partition coefficient (Wildman–Crippen LogP) is 3.93. The minimum absolute atomic E-state index is 0.00204. The normalized spacial score (nSPS) is 22.4. The zero-order valence-electron chi connectivity index (χ0n) is 11.4. The molecule has 0 spiro atoms. The van der Waals surface area contributed by atoms with E-state index in [1.807, 2.05) is 6.07 Å². The number of hydrogen-bond donors (Lipinski definition) is 1. The minimum Gasteiger partial charge on any atom is -0.349 e. The molecule has 19 heavy (non-hydrogen) atoms. The van der Waals surface area contributed by atoms with Crippen molar-refractivity contribution in [3.63, 3.8) is 0 Å². The van der Waals surface area contributed by atoms with Crippen molar-refractivity contribution in [1.82, 2.24) is 10.3 Å². The van der Waals surface area contributed by atoms with Crippen molar-refractivity contribution in [2.24, 2.45) is 5.92 Å². The third-order valence-corrected chi connectivity index (χ3v) is 4.30. The Morgan fingerprint density at radius 2 is 2.32 bits per heavy atom. The molecule has 1 amide bonds. The average molecular weight is 325 g/mol. The van der Waals surface area contributed by atoms with E-state index in [0.717, 1.165) is 10.9 Å². The van der Waals surface area contributed by atoms with Crippen LogP contribution in [0.4, 0.5) is 0 Å². The minimum atomic E-state index is 0.00204. The molecule has 0 saturated heterocycles. The van der Waals surface area contributed by atoms with Gasteiger partial charge in [-0.2, -0.15) is 0 Å². The zero-order valence-corrected chi connectivity index (χ0v) is 12.9. The fraction of sp³-hybridized carbons (Fsp3) is 0.600. The number of pyridine rings is 1. The van der Waals surface area contributed by atoms with Gasteiger partial charge < -0.3 is 5.32 Å². The van der Waals surface area contributed by atoms with Crippen LogP contribution in [0.2, 0.25) is 0 Å². The van der Waals surface area contributed by atoms with Gasteiger partial charge in [0, 0.05) is 22.9 Å². The molecule has 104 valence electrons. The zero-order chi connectivity index (χ0) is 13.7. The maximum atomic E-state index is 12.2. The van der Waals surface area contributed by atoms with Gasteiger partial charge in [0.2, 0.25) is 0 Å². The molecule has 1 aromatic heterocycles. The molecule has 0 aliphatic heterocycles. The van der Waals surface area contributed by atoms with E-state index in [1.165, 1.54) is 32.1 Å². The highest BCUT2D eigenvalue weighted by Crippen LogP contribution is 2.30. The van der Waals surface area contributed by atoms with Crippen LogP contribution >= 0.6 is 15.9 Å². The Hall–Kier alpha value is -0.900. The summed E-state index contributed by atoms with van der Waals surface area (Å²) >= 11 is 3.35. The number of carbonyl (C=O) groups is 1. The lowest BCUT2D eigenvalue weighted by atomic mass is 9.96. The molecule has 0 aromatic carbocycles. The van der Waals surface area contributed by atoms with Gasteiger partial charge in [-0.1, -0.05) is 26.2 Å². The van der Waals surface area contributed by atoms with E-state index < -0.39 is 0 Å². The summed E-state index contributed by atoms with van der Waals surface area (Å²) in [5.41, 5.74) is 0.635. The van der Waals surface area contributed by atoms with Gasteiger partial charge in [-0.05, 0) is 47.2 Å². The van der Waals surface area contributed by atoms with Crippen LogP contribution in [0.1, 0.15) is 55.8 Å². The molecule has 0 radical (unpaired) electrons. The standard InChI is InChI=1S/C15H21BrN2O/c1-2-3-5-11-6-4-7-14(11)18-15(19)12-8-13(16)10-17-9-12/h8-11,14H,2-7H2,1H3,(H,18,19). The lowest BCUT2D eigenvalue weighted by Gasteiger charge is -2.20. The molecule has 1 aliphatic carbocycles. The van der Waals surface area contributed by atoms with Crippen LogP contribution in [0, 0.1) is 5.92 Å². The van der Waals surface area contributed by atoms with E-state index in [2.05, 4.69) is 33.2 Å². The Balaban J connectivity index is 1.94. The van der Waals surface area contributed by atoms with Crippen molar-refractivity contribution < 1.29 is 4.79 Å². The second-order valence-electron chi connectivity index (χ2n) is 5.31. The fourth-order valence-corrected chi connectivity index (χ4v) is 3.19. The number of unbranched alkanes of at least 4 members (excludes halogenated alkanes) is 1. The van der Waals surface area contributed by atoms with Gasteiger partial charge >= 0.3 is 0 Å². The van der Waals surface area contributed by atoms with Crippen LogP contribution in [0.3, 0.4) is 0 Å². The molecule has 1 aromatic rings. The molecular weight excluding hydrogens is 304 g/mol. The monoisotopic (exact) mass is 324 g/mol. The summed E-state index contributed by atoms with van der Waals surface area (Å²) in [5.74, 6) is 0.659. The summed E-state index contributed by atoms with van der Waals surface area (Å²) in [5, 5.41) is 3.18. The molecular formula is C15H21BrN2O. The molecule has 0 bridgehead atoms. The number of amides is 1. The van der Waals surface area contributed by atoms with Gasteiger partial charge in [-0.3, -0.25) is 9.78 Å². The van der Waals surface area contributed by atoms with Crippen molar-refractivity contribution in [2.75, 3.05) is 0 Å². The number of aromatic nitrogens is 1. The molecule has 1 aliphatic rings. The number of hydrogen-bond acceptors (Lipinski definition) is 2. The summed E-state index contributed by atoms with van der Waals surface area (Å²) in [6.45, 7) is 2.22.